The Bertz CT molecular complexity index is 118. The van der Waals surface area contributed by atoms with E-state index in [1.165, 1.54) is 31.3 Å². The van der Waals surface area contributed by atoms with Gasteiger partial charge in [-0.1, -0.05) is 31.8 Å². The zero-order valence-corrected chi connectivity index (χ0v) is 8.82. The zero-order chi connectivity index (χ0) is 9.40. The van der Waals surface area contributed by atoms with Gasteiger partial charge in [0.1, 0.15) is 0 Å². The van der Waals surface area contributed by atoms with Crippen molar-refractivity contribution in [3.63, 3.8) is 0 Å². The smallest absolute Gasteiger partial charge is 0.0101 e. The van der Waals surface area contributed by atoms with Gasteiger partial charge in [0.05, 0.1) is 0 Å². The molecular formula is C11H23N. The summed E-state index contributed by atoms with van der Waals surface area (Å²) in [6, 6.07) is 0.647. The van der Waals surface area contributed by atoms with Gasteiger partial charge in [-0.15, -0.1) is 6.58 Å². The molecule has 0 aliphatic carbocycles. The van der Waals surface area contributed by atoms with Crippen molar-refractivity contribution in [3.05, 3.63) is 12.2 Å². The second-order valence-electron chi connectivity index (χ2n) is 3.64. The fourth-order valence-electron chi connectivity index (χ4n) is 1.41. The van der Waals surface area contributed by atoms with Crippen molar-refractivity contribution in [3.8, 4) is 0 Å². The molecule has 0 aliphatic rings. The fourth-order valence-corrected chi connectivity index (χ4v) is 1.41. The van der Waals surface area contributed by atoms with E-state index in [9.17, 15) is 0 Å². The molecule has 0 saturated carbocycles. The van der Waals surface area contributed by atoms with Crippen molar-refractivity contribution in [1.82, 2.24) is 5.32 Å². The van der Waals surface area contributed by atoms with Crippen LogP contribution in [0.5, 0.6) is 0 Å². The Balaban J connectivity index is 3.46. The summed E-state index contributed by atoms with van der Waals surface area (Å²) in [5, 5.41) is 3.33. The van der Waals surface area contributed by atoms with Crippen molar-refractivity contribution in [2.45, 2.75) is 52.0 Å². The second-order valence-corrected chi connectivity index (χ2v) is 3.64. The van der Waals surface area contributed by atoms with Gasteiger partial charge in [0.25, 0.3) is 0 Å². The Morgan fingerprint density at radius 3 is 2.50 bits per heavy atom. The van der Waals surface area contributed by atoms with Gasteiger partial charge in [-0.05, 0) is 26.8 Å². The fraction of sp³-hybridized carbons (Fsp3) is 0.818. The summed E-state index contributed by atoms with van der Waals surface area (Å²) in [6.45, 7) is 8.28. The van der Waals surface area contributed by atoms with E-state index in [1.807, 2.05) is 7.05 Å². The largest absolute Gasteiger partial charge is 0.317 e. The number of nitrogens with one attached hydrogen (secondary N) is 1. The Hall–Kier alpha value is -0.300. The Kier molecular flexibility index (Phi) is 7.17. The molecule has 0 amide bonds. The van der Waals surface area contributed by atoms with Crippen LogP contribution in [0.15, 0.2) is 12.2 Å². The van der Waals surface area contributed by atoms with Crippen LogP contribution in [0.1, 0.15) is 46.0 Å². The highest BCUT2D eigenvalue weighted by molar-refractivity contribution is 4.92. The molecule has 0 aromatic heterocycles. The molecule has 0 saturated heterocycles. The standard InChI is InChI=1S/C11H23N/c1-5-6-7-8-11(12-4)9-10(2)3/h11-12H,2,5-9H2,1,3-4H3. The quantitative estimate of drug-likeness (QED) is 0.456. The Labute approximate surface area is 77.2 Å². The van der Waals surface area contributed by atoms with Crippen molar-refractivity contribution in [2.75, 3.05) is 7.05 Å². The molecule has 0 aromatic carbocycles. The second kappa shape index (κ2) is 7.35. The number of rotatable bonds is 7. The molecule has 0 fully saturated rings. The molecule has 1 atom stereocenters. The van der Waals surface area contributed by atoms with Crippen molar-refractivity contribution >= 4 is 0 Å². The first kappa shape index (κ1) is 11.7. The maximum atomic E-state index is 3.93. The Morgan fingerprint density at radius 2 is 2.08 bits per heavy atom. The summed E-state index contributed by atoms with van der Waals surface area (Å²) in [5.41, 5.74) is 1.28. The van der Waals surface area contributed by atoms with Crippen molar-refractivity contribution < 1.29 is 0 Å². The maximum absolute atomic E-state index is 3.93. The highest BCUT2D eigenvalue weighted by Gasteiger charge is 2.04. The van der Waals surface area contributed by atoms with Crippen LogP contribution in [-0.2, 0) is 0 Å². The minimum Gasteiger partial charge on any atom is -0.317 e. The van der Waals surface area contributed by atoms with Gasteiger partial charge in [0.2, 0.25) is 0 Å². The molecule has 0 bridgehead atoms. The lowest BCUT2D eigenvalue weighted by Crippen LogP contribution is -2.25. The molecule has 1 N–H and O–H groups in total. The van der Waals surface area contributed by atoms with Crippen LogP contribution in [0.4, 0.5) is 0 Å². The van der Waals surface area contributed by atoms with Crippen molar-refractivity contribution in [2.24, 2.45) is 0 Å². The van der Waals surface area contributed by atoms with E-state index in [0.29, 0.717) is 6.04 Å². The van der Waals surface area contributed by atoms with E-state index in [-0.39, 0.29) is 0 Å². The van der Waals surface area contributed by atoms with Crippen LogP contribution in [0.25, 0.3) is 0 Å². The van der Waals surface area contributed by atoms with Crippen LogP contribution in [0.3, 0.4) is 0 Å². The maximum Gasteiger partial charge on any atom is 0.0101 e. The van der Waals surface area contributed by atoms with Gasteiger partial charge in [-0.2, -0.15) is 0 Å². The van der Waals surface area contributed by atoms with Crippen LogP contribution < -0.4 is 5.32 Å². The monoisotopic (exact) mass is 169 g/mol. The molecule has 0 radical (unpaired) electrons. The van der Waals surface area contributed by atoms with E-state index < -0.39 is 0 Å². The summed E-state index contributed by atoms with van der Waals surface area (Å²) < 4.78 is 0. The van der Waals surface area contributed by atoms with Crippen LogP contribution in [0.2, 0.25) is 0 Å². The third-order valence-electron chi connectivity index (χ3n) is 2.16. The third-order valence-corrected chi connectivity index (χ3v) is 2.16. The lowest BCUT2D eigenvalue weighted by atomic mass is 10.0. The molecule has 0 rings (SSSR count). The topological polar surface area (TPSA) is 12.0 Å². The average Bonchev–Trinajstić information content (AvgIpc) is 2.02. The SMILES string of the molecule is C=C(C)CC(CCCCC)NC. The average molecular weight is 169 g/mol. The van der Waals surface area contributed by atoms with E-state index in [4.69, 9.17) is 0 Å². The number of unbranched alkanes of at least 4 members (excludes halogenated alkanes) is 2. The van der Waals surface area contributed by atoms with Crippen molar-refractivity contribution in [1.29, 1.82) is 0 Å². The first-order valence-electron chi connectivity index (χ1n) is 5.02. The summed E-state index contributed by atoms with van der Waals surface area (Å²) in [5.74, 6) is 0. The Morgan fingerprint density at radius 1 is 1.42 bits per heavy atom. The van der Waals surface area contributed by atoms with Gasteiger partial charge < -0.3 is 5.32 Å². The lowest BCUT2D eigenvalue weighted by molar-refractivity contribution is 0.489. The van der Waals surface area contributed by atoms with Crippen LogP contribution >= 0.6 is 0 Å². The highest BCUT2D eigenvalue weighted by Crippen LogP contribution is 2.09. The normalized spacial score (nSPS) is 12.9. The minimum atomic E-state index is 0.647. The predicted molar refractivity (Wildman–Crippen MR) is 56.4 cm³/mol. The molecule has 1 heteroatoms. The summed E-state index contributed by atoms with van der Waals surface area (Å²) in [7, 11) is 2.04. The molecule has 1 unspecified atom stereocenters. The molecule has 1 nitrogen and oxygen atoms in total. The summed E-state index contributed by atoms with van der Waals surface area (Å²) in [4.78, 5) is 0. The van der Waals surface area contributed by atoms with E-state index >= 15 is 0 Å². The molecule has 0 aromatic rings. The summed E-state index contributed by atoms with van der Waals surface area (Å²) >= 11 is 0. The van der Waals surface area contributed by atoms with E-state index in [0.717, 1.165) is 6.42 Å². The zero-order valence-electron chi connectivity index (χ0n) is 8.82. The first-order chi connectivity index (χ1) is 5.70. The van der Waals surface area contributed by atoms with Crippen LogP contribution in [0, 0.1) is 0 Å². The third kappa shape index (κ3) is 6.41. The molecule has 12 heavy (non-hydrogen) atoms. The van der Waals surface area contributed by atoms with Gasteiger partial charge in [-0.25, -0.2) is 0 Å². The minimum absolute atomic E-state index is 0.647. The van der Waals surface area contributed by atoms with Gasteiger partial charge >= 0.3 is 0 Å². The van der Waals surface area contributed by atoms with E-state index in [2.05, 4.69) is 25.7 Å². The molecule has 72 valence electrons. The van der Waals surface area contributed by atoms with Gasteiger partial charge in [-0.3, -0.25) is 0 Å². The molecule has 0 spiro atoms. The van der Waals surface area contributed by atoms with Gasteiger partial charge in [0.15, 0.2) is 0 Å². The van der Waals surface area contributed by atoms with E-state index in [1.54, 1.807) is 0 Å². The van der Waals surface area contributed by atoms with Gasteiger partial charge in [0, 0.05) is 6.04 Å². The predicted octanol–water partition coefficient (Wildman–Crippen LogP) is 3.12. The first-order valence-corrected chi connectivity index (χ1v) is 5.02. The molecule has 0 heterocycles. The summed E-state index contributed by atoms with van der Waals surface area (Å²) in [6.07, 6.45) is 6.42. The highest BCUT2D eigenvalue weighted by atomic mass is 14.9. The number of hydrogen-bond acceptors (Lipinski definition) is 1. The molecule has 0 aliphatic heterocycles. The van der Waals surface area contributed by atoms with Crippen LogP contribution in [-0.4, -0.2) is 13.1 Å². The molecular weight excluding hydrogens is 146 g/mol. The lowest BCUT2D eigenvalue weighted by Gasteiger charge is -2.15. The number of hydrogen-bond donors (Lipinski definition) is 1.